The Bertz CT molecular complexity index is 1010. The minimum absolute atomic E-state index is 0.190. The fourth-order valence-corrected chi connectivity index (χ4v) is 4.48. The summed E-state index contributed by atoms with van der Waals surface area (Å²) in [7, 11) is -4.00. The molecule has 1 aliphatic rings. The molecule has 0 fully saturated rings. The maximum Gasteiger partial charge on any atom is 0.325 e. The quantitative estimate of drug-likeness (QED) is 0.558. The van der Waals surface area contributed by atoms with Crippen LogP contribution in [0.4, 0.5) is 5.69 Å². The van der Waals surface area contributed by atoms with E-state index in [0.717, 1.165) is 6.07 Å². The number of nitro groups is 1. The van der Waals surface area contributed by atoms with E-state index in [1.165, 1.54) is 29.9 Å². The third kappa shape index (κ3) is 3.83. The summed E-state index contributed by atoms with van der Waals surface area (Å²) in [5.74, 6) is -1.03. The van der Waals surface area contributed by atoms with Gasteiger partial charge in [0.25, 0.3) is 5.69 Å². The monoisotopic (exact) mass is 394 g/mol. The smallest absolute Gasteiger partial charge is 0.325 e. The van der Waals surface area contributed by atoms with Crippen molar-refractivity contribution in [3.8, 4) is 0 Å². The average molecular weight is 394 g/mol. The number of carboxylic acids is 1. The normalized spacial score (nSPS) is 16.7. The zero-order valence-corrected chi connectivity index (χ0v) is 15.3. The van der Waals surface area contributed by atoms with E-state index < -0.39 is 27.0 Å². The zero-order chi connectivity index (χ0) is 19.8. The summed E-state index contributed by atoms with van der Waals surface area (Å²) in [6, 6.07) is 3.18. The minimum atomic E-state index is -4.00. The van der Waals surface area contributed by atoms with Gasteiger partial charge in [0.05, 0.1) is 22.1 Å². The number of sulfonamides is 1. The van der Waals surface area contributed by atoms with Crippen LogP contribution in [-0.2, 0) is 27.8 Å². The molecule has 0 spiro atoms. The fraction of sp³-hybridized carbons (Fsp3) is 0.375. The van der Waals surface area contributed by atoms with E-state index in [1.54, 1.807) is 0 Å². The van der Waals surface area contributed by atoms with Crippen molar-refractivity contribution in [1.29, 1.82) is 0 Å². The lowest BCUT2D eigenvalue weighted by atomic mass is 9.94. The van der Waals surface area contributed by atoms with Crippen LogP contribution in [-0.4, -0.2) is 34.2 Å². The second-order valence-electron chi connectivity index (χ2n) is 6.37. The number of nitrogens with one attached hydrogen (secondary N) is 1. The Morgan fingerprint density at radius 3 is 2.89 bits per heavy atom. The molecule has 1 heterocycles. The molecule has 0 amide bonds. The van der Waals surface area contributed by atoms with E-state index in [4.69, 9.17) is 5.11 Å². The molecule has 2 N–H and O–H groups in total. The van der Waals surface area contributed by atoms with Gasteiger partial charge in [-0.25, -0.2) is 13.1 Å². The standard InChI is InChI=1S/C16H18N4O6S/c1-10-5-6-11(7-15(10)20(23)24)27(25,26)18-13-3-2-4-14-12(13)8-17-19(14)9-16(21)22/h5-8,13,18H,2-4,9H2,1H3,(H,21,22). The number of aliphatic carboxylic acids is 1. The van der Waals surface area contributed by atoms with E-state index in [0.29, 0.717) is 36.1 Å². The predicted octanol–water partition coefficient (Wildman–Crippen LogP) is 1.54. The molecule has 3 rings (SSSR count). The molecule has 2 aromatic rings. The van der Waals surface area contributed by atoms with Crippen molar-refractivity contribution >= 4 is 21.7 Å². The van der Waals surface area contributed by atoms with Crippen molar-refractivity contribution in [2.24, 2.45) is 0 Å². The summed E-state index contributed by atoms with van der Waals surface area (Å²) in [5.41, 5.74) is 1.42. The number of nitrogens with zero attached hydrogens (tertiary/aromatic N) is 3. The number of hydrogen-bond acceptors (Lipinski definition) is 6. The molecule has 0 aliphatic heterocycles. The van der Waals surface area contributed by atoms with Gasteiger partial charge in [-0.05, 0) is 32.3 Å². The molecule has 1 atom stereocenters. The molecule has 0 saturated carbocycles. The molecular weight excluding hydrogens is 376 g/mol. The van der Waals surface area contributed by atoms with Crippen LogP contribution in [0.5, 0.6) is 0 Å². The highest BCUT2D eigenvalue weighted by molar-refractivity contribution is 7.89. The molecule has 11 heteroatoms. The van der Waals surface area contributed by atoms with Gasteiger partial charge in [-0.3, -0.25) is 19.6 Å². The summed E-state index contributed by atoms with van der Waals surface area (Å²) in [5, 5.41) is 24.1. The maximum absolute atomic E-state index is 12.7. The van der Waals surface area contributed by atoms with Crippen molar-refractivity contribution in [3.05, 3.63) is 51.3 Å². The molecule has 1 aromatic carbocycles. The Balaban J connectivity index is 1.90. The van der Waals surface area contributed by atoms with Gasteiger partial charge in [0.2, 0.25) is 10.0 Å². The third-order valence-corrected chi connectivity index (χ3v) is 6.00. The zero-order valence-electron chi connectivity index (χ0n) is 14.5. The Hall–Kier alpha value is -2.79. The molecule has 144 valence electrons. The summed E-state index contributed by atoms with van der Waals surface area (Å²) < 4.78 is 29.4. The van der Waals surface area contributed by atoms with E-state index in [-0.39, 0.29) is 17.1 Å². The van der Waals surface area contributed by atoms with Gasteiger partial charge in [0.1, 0.15) is 6.54 Å². The van der Waals surface area contributed by atoms with Crippen molar-refractivity contribution < 1.29 is 23.2 Å². The first kappa shape index (κ1) is 19.0. The summed E-state index contributed by atoms with van der Waals surface area (Å²) in [4.78, 5) is 21.2. The molecule has 0 saturated heterocycles. The van der Waals surface area contributed by atoms with Crippen LogP contribution in [0.1, 0.15) is 35.7 Å². The molecule has 0 bridgehead atoms. The van der Waals surface area contributed by atoms with Crippen LogP contribution in [0.25, 0.3) is 0 Å². The van der Waals surface area contributed by atoms with Crippen molar-refractivity contribution in [2.45, 2.75) is 43.7 Å². The largest absolute Gasteiger partial charge is 0.480 e. The van der Waals surface area contributed by atoms with E-state index in [9.17, 15) is 23.3 Å². The van der Waals surface area contributed by atoms with Crippen molar-refractivity contribution in [3.63, 3.8) is 0 Å². The third-order valence-electron chi connectivity index (χ3n) is 4.53. The molecule has 0 radical (unpaired) electrons. The number of carboxylic acid groups (broad SMARTS) is 1. The predicted molar refractivity (Wildman–Crippen MR) is 93.7 cm³/mol. The number of aryl methyl sites for hydroxylation is 1. The number of benzene rings is 1. The summed E-state index contributed by atoms with van der Waals surface area (Å²) in [6.45, 7) is 1.24. The topological polar surface area (TPSA) is 144 Å². The average Bonchev–Trinajstić information content (AvgIpc) is 2.98. The van der Waals surface area contributed by atoms with Gasteiger partial charge < -0.3 is 5.11 Å². The number of nitro benzene ring substituents is 1. The molecule has 10 nitrogen and oxygen atoms in total. The number of aromatic nitrogens is 2. The van der Waals surface area contributed by atoms with Crippen LogP contribution in [0.2, 0.25) is 0 Å². The SMILES string of the molecule is Cc1ccc(S(=O)(=O)NC2CCCc3c2cnn3CC(=O)O)cc1[N+](=O)[O-]. The lowest BCUT2D eigenvalue weighted by molar-refractivity contribution is -0.385. The van der Waals surface area contributed by atoms with Crippen LogP contribution in [0, 0.1) is 17.0 Å². The Morgan fingerprint density at radius 1 is 1.48 bits per heavy atom. The van der Waals surface area contributed by atoms with E-state index in [1.807, 2.05) is 0 Å². The van der Waals surface area contributed by atoms with Gasteiger partial charge in [0, 0.05) is 22.9 Å². The molecular formula is C16H18N4O6S. The fourth-order valence-electron chi connectivity index (χ4n) is 3.21. The molecule has 27 heavy (non-hydrogen) atoms. The first-order valence-electron chi connectivity index (χ1n) is 8.23. The summed E-state index contributed by atoms with van der Waals surface area (Å²) >= 11 is 0. The van der Waals surface area contributed by atoms with Gasteiger partial charge in [0.15, 0.2) is 0 Å². The van der Waals surface area contributed by atoms with Gasteiger partial charge in [-0.15, -0.1) is 0 Å². The van der Waals surface area contributed by atoms with E-state index >= 15 is 0 Å². The van der Waals surface area contributed by atoms with Gasteiger partial charge in [-0.1, -0.05) is 6.07 Å². The second-order valence-corrected chi connectivity index (χ2v) is 8.08. The molecule has 1 aliphatic carbocycles. The number of fused-ring (bicyclic) bond motifs is 1. The minimum Gasteiger partial charge on any atom is -0.480 e. The maximum atomic E-state index is 12.7. The van der Waals surface area contributed by atoms with Crippen molar-refractivity contribution in [2.75, 3.05) is 0 Å². The van der Waals surface area contributed by atoms with Crippen molar-refractivity contribution in [1.82, 2.24) is 14.5 Å². The lowest BCUT2D eigenvalue weighted by Crippen LogP contribution is -2.31. The van der Waals surface area contributed by atoms with Crippen LogP contribution in [0.15, 0.2) is 29.3 Å². The number of rotatable bonds is 6. The van der Waals surface area contributed by atoms with Gasteiger partial charge in [-0.2, -0.15) is 5.10 Å². The molecule has 1 unspecified atom stereocenters. The van der Waals surface area contributed by atoms with E-state index in [2.05, 4.69) is 9.82 Å². The highest BCUT2D eigenvalue weighted by Gasteiger charge is 2.29. The van der Waals surface area contributed by atoms with Crippen LogP contribution < -0.4 is 4.72 Å². The second kappa shape index (κ2) is 7.08. The van der Waals surface area contributed by atoms with Gasteiger partial charge >= 0.3 is 5.97 Å². The first-order valence-corrected chi connectivity index (χ1v) is 9.71. The number of carbonyl (C=O) groups is 1. The van der Waals surface area contributed by atoms with Crippen LogP contribution in [0.3, 0.4) is 0 Å². The molecule has 1 aromatic heterocycles. The Kier molecular flexibility index (Phi) is 4.98. The summed E-state index contributed by atoms with van der Waals surface area (Å²) in [6.07, 6.45) is 3.28. The lowest BCUT2D eigenvalue weighted by Gasteiger charge is -2.24. The first-order chi connectivity index (χ1) is 12.7. The number of hydrogen-bond donors (Lipinski definition) is 2. The van der Waals surface area contributed by atoms with Crippen LogP contribution >= 0.6 is 0 Å². The highest BCUT2D eigenvalue weighted by Crippen LogP contribution is 2.31. The Morgan fingerprint density at radius 2 is 2.22 bits per heavy atom. The highest BCUT2D eigenvalue weighted by atomic mass is 32.2. The Labute approximate surface area is 155 Å².